The van der Waals surface area contributed by atoms with Crippen molar-refractivity contribution in [1.82, 2.24) is 10.2 Å². The van der Waals surface area contributed by atoms with Crippen molar-refractivity contribution in [2.75, 3.05) is 33.7 Å². The van der Waals surface area contributed by atoms with Crippen molar-refractivity contribution in [1.29, 1.82) is 0 Å². The molecule has 0 atom stereocenters. The first-order chi connectivity index (χ1) is 6.22. The Balaban J connectivity index is 2.30. The SMILES string of the molecule is CN=C(N)NCC1=CCN(C)CC1. The van der Waals surface area contributed by atoms with E-state index in [0.29, 0.717) is 5.96 Å². The summed E-state index contributed by atoms with van der Waals surface area (Å²) in [4.78, 5) is 6.13. The van der Waals surface area contributed by atoms with Crippen molar-refractivity contribution >= 4 is 5.96 Å². The first-order valence-corrected chi connectivity index (χ1v) is 4.55. The van der Waals surface area contributed by atoms with E-state index in [0.717, 1.165) is 26.1 Å². The molecule has 0 amide bonds. The molecule has 0 aromatic heterocycles. The summed E-state index contributed by atoms with van der Waals surface area (Å²) in [5.74, 6) is 0.514. The van der Waals surface area contributed by atoms with Crippen LogP contribution in [0, 0.1) is 0 Å². The number of nitrogens with zero attached hydrogens (tertiary/aromatic N) is 2. The van der Waals surface area contributed by atoms with Gasteiger partial charge in [0.1, 0.15) is 0 Å². The Morgan fingerprint density at radius 2 is 2.54 bits per heavy atom. The Morgan fingerprint density at radius 3 is 3.08 bits per heavy atom. The van der Waals surface area contributed by atoms with E-state index in [4.69, 9.17) is 5.73 Å². The summed E-state index contributed by atoms with van der Waals surface area (Å²) >= 11 is 0. The van der Waals surface area contributed by atoms with E-state index >= 15 is 0 Å². The standard InChI is InChI=1S/C9H18N4/c1-11-9(10)12-7-8-3-5-13(2)6-4-8/h3H,4-7H2,1-2H3,(H3,10,11,12). The zero-order valence-electron chi connectivity index (χ0n) is 8.38. The van der Waals surface area contributed by atoms with Gasteiger partial charge in [-0.1, -0.05) is 11.6 Å². The Kier molecular flexibility index (Phi) is 3.76. The molecule has 0 bridgehead atoms. The highest BCUT2D eigenvalue weighted by atomic mass is 15.1. The van der Waals surface area contributed by atoms with Gasteiger partial charge in [0, 0.05) is 26.7 Å². The molecule has 0 aliphatic carbocycles. The molecule has 1 heterocycles. The summed E-state index contributed by atoms with van der Waals surface area (Å²) in [6, 6.07) is 0. The lowest BCUT2D eigenvalue weighted by molar-refractivity contribution is 0.357. The van der Waals surface area contributed by atoms with E-state index < -0.39 is 0 Å². The fraction of sp³-hybridized carbons (Fsp3) is 0.667. The minimum Gasteiger partial charge on any atom is -0.370 e. The maximum absolute atomic E-state index is 5.52. The molecule has 13 heavy (non-hydrogen) atoms. The predicted octanol–water partition coefficient (Wildman–Crippen LogP) is -0.218. The zero-order chi connectivity index (χ0) is 9.68. The second-order valence-electron chi connectivity index (χ2n) is 3.34. The number of hydrogen-bond donors (Lipinski definition) is 2. The van der Waals surface area contributed by atoms with Gasteiger partial charge in [0.25, 0.3) is 0 Å². The average molecular weight is 182 g/mol. The second-order valence-corrected chi connectivity index (χ2v) is 3.34. The van der Waals surface area contributed by atoms with Crippen LogP contribution in [0.2, 0.25) is 0 Å². The van der Waals surface area contributed by atoms with E-state index in [2.05, 4.69) is 28.3 Å². The van der Waals surface area contributed by atoms with Gasteiger partial charge in [-0.15, -0.1) is 0 Å². The summed E-state index contributed by atoms with van der Waals surface area (Å²) in [6.45, 7) is 3.01. The maximum atomic E-state index is 5.52. The summed E-state index contributed by atoms with van der Waals surface area (Å²) in [7, 11) is 3.81. The number of aliphatic imine (C=N–C) groups is 1. The third-order valence-corrected chi connectivity index (χ3v) is 2.24. The Morgan fingerprint density at radius 1 is 1.77 bits per heavy atom. The van der Waals surface area contributed by atoms with Crippen molar-refractivity contribution in [2.24, 2.45) is 10.7 Å². The van der Waals surface area contributed by atoms with E-state index in [-0.39, 0.29) is 0 Å². The number of nitrogens with two attached hydrogens (primary N) is 1. The molecule has 0 spiro atoms. The van der Waals surface area contributed by atoms with Crippen LogP contribution in [0.3, 0.4) is 0 Å². The molecule has 0 radical (unpaired) electrons. The highest BCUT2D eigenvalue weighted by Crippen LogP contribution is 2.07. The van der Waals surface area contributed by atoms with Gasteiger partial charge in [-0.2, -0.15) is 0 Å². The van der Waals surface area contributed by atoms with Crippen molar-refractivity contribution in [3.05, 3.63) is 11.6 Å². The molecule has 0 aromatic carbocycles. The van der Waals surface area contributed by atoms with Gasteiger partial charge >= 0.3 is 0 Å². The number of nitrogens with one attached hydrogen (secondary N) is 1. The largest absolute Gasteiger partial charge is 0.370 e. The van der Waals surface area contributed by atoms with Gasteiger partial charge in [0.05, 0.1) is 0 Å². The molecule has 0 unspecified atom stereocenters. The number of likely N-dealkylation sites (N-methyl/N-ethyl adjacent to an activating group) is 1. The Hall–Kier alpha value is -1.03. The predicted molar refractivity (Wildman–Crippen MR) is 55.7 cm³/mol. The third kappa shape index (κ3) is 3.46. The lowest BCUT2D eigenvalue weighted by atomic mass is 10.1. The van der Waals surface area contributed by atoms with Crippen molar-refractivity contribution < 1.29 is 0 Å². The third-order valence-electron chi connectivity index (χ3n) is 2.24. The van der Waals surface area contributed by atoms with Crippen molar-refractivity contribution in [3.8, 4) is 0 Å². The number of hydrogen-bond acceptors (Lipinski definition) is 2. The fourth-order valence-electron chi connectivity index (χ4n) is 1.26. The minimum atomic E-state index is 0.514. The second kappa shape index (κ2) is 4.87. The highest BCUT2D eigenvalue weighted by molar-refractivity contribution is 5.77. The molecule has 0 fully saturated rings. The van der Waals surface area contributed by atoms with Gasteiger partial charge in [-0.3, -0.25) is 4.99 Å². The molecule has 0 saturated heterocycles. The molecule has 4 heteroatoms. The van der Waals surface area contributed by atoms with E-state index in [1.807, 2.05) is 0 Å². The van der Waals surface area contributed by atoms with Crippen LogP contribution in [0.4, 0.5) is 0 Å². The van der Waals surface area contributed by atoms with E-state index in [1.54, 1.807) is 7.05 Å². The highest BCUT2D eigenvalue weighted by Gasteiger charge is 2.06. The molecular weight excluding hydrogens is 164 g/mol. The van der Waals surface area contributed by atoms with Crippen molar-refractivity contribution in [3.63, 3.8) is 0 Å². The smallest absolute Gasteiger partial charge is 0.188 e. The normalized spacial score (nSPS) is 19.8. The van der Waals surface area contributed by atoms with Gasteiger partial charge in [0.2, 0.25) is 0 Å². The molecule has 3 N–H and O–H groups in total. The number of guanidine groups is 1. The first-order valence-electron chi connectivity index (χ1n) is 4.55. The zero-order valence-corrected chi connectivity index (χ0v) is 8.38. The molecule has 1 aliphatic rings. The van der Waals surface area contributed by atoms with Crippen molar-refractivity contribution in [2.45, 2.75) is 6.42 Å². The van der Waals surface area contributed by atoms with Crippen LogP contribution in [0.15, 0.2) is 16.6 Å². The fourth-order valence-corrected chi connectivity index (χ4v) is 1.26. The van der Waals surface area contributed by atoms with Crippen LogP contribution in [-0.2, 0) is 0 Å². The Bertz CT molecular complexity index is 220. The lowest BCUT2D eigenvalue weighted by Crippen LogP contribution is -2.34. The van der Waals surface area contributed by atoms with Crippen LogP contribution in [0.5, 0.6) is 0 Å². The summed E-state index contributed by atoms with van der Waals surface area (Å²) in [5, 5.41) is 3.06. The topological polar surface area (TPSA) is 53.6 Å². The molecule has 74 valence electrons. The molecule has 0 aromatic rings. The van der Waals surface area contributed by atoms with Gasteiger partial charge in [-0.25, -0.2) is 0 Å². The molecule has 0 saturated carbocycles. The molecule has 1 rings (SSSR count). The van der Waals surface area contributed by atoms with Crippen LogP contribution in [0.25, 0.3) is 0 Å². The van der Waals surface area contributed by atoms with E-state index in [1.165, 1.54) is 5.57 Å². The number of rotatable bonds is 2. The summed E-state index contributed by atoms with van der Waals surface area (Å²) < 4.78 is 0. The van der Waals surface area contributed by atoms with Gasteiger partial charge in [0.15, 0.2) is 5.96 Å². The quantitative estimate of drug-likeness (QED) is 0.353. The lowest BCUT2D eigenvalue weighted by Gasteiger charge is -2.22. The average Bonchev–Trinajstić information content (AvgIpc) is 2.16. The molecule has 1 aliphatic heterocycles. The van der Waals surface area contributed by atoms with Crippen LogP contribution >= 0.6 is 0 Å². The Labute approximate surface area is 79.5 Å². The first kappa shape index (κ1) is 10.1. The van der Waals surface area contributed by atoms with Crippen LogP contribution < -0.4 is 11.1 Å². The van der Waals surface area contributed by atoms with Gasteiger partial charge < -0.3 is 16.0 Å². The van der Waals surface area contributed by atoms with Crippen LogP contribution in [-0.4, -0.2) is 44.6 Å². The monoisotopic (exact) mass is 182 g/mol. The maximum Gasteiger partial charge on any atom is 0.188 e. The summed E-state index contributed by atoms with van der Waals surface area (Å²) in [6.07, 6.45) is 3.37. The minimum absolute atomic E-state index is 0.514. The summed E-state index contributed by atoms with van der Waals surface area (Å²) in [5.41, 5.74) is 6.94. The van der Waals surface area contributed by atoms with E-state index in [9.17, 15) is 0 Å². The van der Waals surface area contributed by atoms with Crippen LogP contribution in [0.1, 0.15) is 6.42 Å². The van der Waals surface area contributed by atoms with Gasteiger partial charge in [-0.05, 0) is 13.5 Å². The molecule has 4 nitrogen and oxygen atoms in total. The molecular formula is C9H18N4.